The summed E-state index contributed by atoms with van der Waals surface area (Å²) in [5.74, 6) is -0.415. The molecule has 0 bridgehead atoms. The summed E-state index contributed by atoms with van der Waals surface area (Å²) in [7, 11) is 0. The van der Waals surface area contributed by atoms with E-state index in [2.05, 4.69) is 0 Å². The van der Waals surface area contributed by atoms with Crippen molar-refractivity contribution in [2.75, 3.05) is 30.3 Å². The molecule has 0 aromatic heterocycles. The molecule has 2 rings (SSSR count). The Morgan fingerprint density at radius 1 is 1.53 bits per heavy atom. The molecule has 3 N–H and O–H groups in total. The molecule has 1 aromatic carbocycles. The lowest BCUT2D eigenvalue weighted by Crippen LogP contribution is -2.48. The van der Waals surface area contributed by atoms with Crippen molar-refractivity contribution in [2.45, 2.75) is 19.1 Å². The smallest absolute Gasteiger partial charge is 0.148 e. The maximum atomic E-state index is 13.4. The van der Waals surface area contributed by atoms with Crippen LogP contribution >= 0.6 is 0 Å². The molecule has 0 saturated carbocycles. The van der Waals surface area contributed by atoms with E-state index in [0.717, 1.165) is 0 Å². The van der Waals surface area contributed by atoms with Gasteiger partial charge in [0.25, 0.3) is 0 Å². The number of hydrogen-bond acceptors (Lipinski definition) is 4. The van der Waals surface area contributed by atoms with E-state index in [4.69, 9.17) is 15.6 Å². The predicted molar refractivity (Wildman–Crippen MR) is 64.4 cm³/mol. The van der Waals surface area contributed by atoms with Gasteiger partial charge in [0.05, 0.1) is 30.2 Å². The van der Waals surface area contributed by atoms with Gasteiger partial charge in [-0.3, -0.25) is 0 Å². The molecular weight excluding hydrogens is 223 g/mol. The van der Waals surface area contributed by atoms with E-state index in [0.29, 0.717) is 18.8 Å². The molecule has 2 atom stereocenters. The van der Waals surface area contributed by atoms with Gasteiger partial charge in [0.15, 0.2) is 0 Å². The summed E-state index contributed by atoms with van der Waals surface area (Å²) in [6.07, 6.45) is -0.259. The Morgan fingerprint density at radius 2 is 2.29 bits per heavy atom. The summed E-state index contributed by atoms with van der Waals surface area (Å²) in [6, 6.07) is 4.76. The van der Waals surface area contributed by atoms with Crippen molar-refractivity contribution >= 4 is 11.4 Å². The van der Waals surface area contributed by atoms with Gasteiger partial charge in [0.2, 0.25) is 0 Å². The number of aliphatic hydroxyl groups excluding tert-OH is 1. The number of ether oxygens (including phenoxy) is 1. The van der Waals surface area contributed by atoms with Crippen molar-refractivity contribution in [3.05, 3.63) is 24.0 Å². The Labute approximate surface area is 99.8 Å². The van der Waals surface area contributed by atoms with Crippen molar-refractivity contribution in [3.8, 4) is 0 Å². The van der Waals surface area contributed by atoms with Crippen molar-refractivity contribution in [3.63, 3.8) is 0 Å². The van der Waals surface area contributed by atoms with Gasteiger partial charge in [-0.25, -0.2) is 4.39 Å². The lowest BCUT2D eigenvalue weighted by atomic mass is 10.1. The number of aliphatic hydroxyl groups is 1. The quantitative estimate of drug-likeness (QED) is 0.757. The van der Waals surface area contributed by atoms with Gasteiger partial charge in [-0.05, 0) is 19.1 Å². The minimum Gasteiger partial charge on any atom is -0.395 e. The first kappa shape index (κ1) is 12.1. The Morgan fingerprint density at radius 3 is 3.00 bits per heavy atom. The number of para-hydroxylation sites is 1. The lowest BCUT2D eigenvalue weighted by Gasteiger charge is -2.38. The number of halogens is 1. The highest BCUT2D eigenvalue weighted by molar-refractivity contribution is 5.68. The van der Waals surface area contributed by atoms with E-state index < -0.39 is 5.82 Å². The first-order valence-corrected chi connectivity index (χ1v) is 5.67. The van der Waals surface area contributed by atoms with E-state index in [-0.39, 0.29) is 24.5 Å². The fourth-order valence-corrected chi connectivity index (χ4v) is 2.14. The molecule has 2 unspecified atom stereocenters. The standard InChI is InChI=1S/C12H17FN2O2/c1-8-5-15(6-9(7-16)17-8)11-4-2-3-10(13)12(11)14/h2-4,8-9,16H,5-7,14H2,1H3. The van der Waals surface area contributed by atoms with Gasteiger partial charge in [-0.2, -0.15) is 0 Å². The molecular formula is C12H17FN2O2. The maximum Gasteiger partial charge on any atom is 0.148 e. The molecule has 94 valence electrons. The molecule has 0 amide bonds. The zero-order valence-corrected chi connectivity index (χ0v) is 9.77. The number of hydrogen-bond donors (Lipinski definition) is 2. The number of anilines is 2. The molecule has 1 heterocycles. The number of morpholine rings is 1. The third kappa shape index (κ3) is 2.50. The maximum absolute atomic E-state index is 13.4. The van der Waals surface area contributed by atoms with E-state index in [1.807, 2.05) is 11.8 Å². The van der Waals surface area contributed by atoms with Crippen LogP contribution in [0.5, 0.6) is 0 Å². The molecule has 1 aromatic rings. The largest absolute Gasteiger partial charge is 0.395 e. The molecule has 1 saturated heterocycles. The van der Waals surface area contributed by atoms with Crippen LogP contribution in [0.1, 0.15) is 6.92 Å². The van der Waals surface area contributed by atoms with E-state index in [9.17, 15) is 4.39 Å². The van der Waals surface area contributed by atoms with Gasteiger partial charge >= 0.3 is 0 Å². The molecule has 1 aliphatic heterocycles. The zero-order chi connectivity index (χ0) is 12.4. The van der Waals surface area contributed by atoms with Gasteiger partial charge in [0, 0.05) is 13.1 Å². The predicted octanol–water partition coefficient (Wildman–Crippen LogP) is 0.994. The summed E-state index contributed by atoms with van der Waals surface area (Å²) in [5, 5.41) is 9.14. The minimum absolute atomic E-state index is 0.0106. The van der Waals surface area contributed by atoms with Crippen LogP contribution in [0, 0.1) is 5.82 Å². The number of rotatable bonds is 2. The Hall–Kier alpha value is -1.33. The summed E-state index contributed by atoms with van der Waals surface area (Å²) < 4.78 is 18.9. The SMILES string of the molecule is CC1CN(c2cccc(F)c2N)CC(CO)O1. The second-order valence-corrected chi connectivity index (χ2v) is 4.33. The molecule has 0 spiro atoms. The van der Waals surface area contributed by atoms with Gasteiger partial charge in [0.1, 0.15) is 5.82 Å². The molecule has 17 heavy (non-hydrogen) atoms. The van der Waals surface area contributed by atoms with Gasteiger partial charge in [-0.1, -0.05) is 6.07 Å². The monoisotopic (exact) mass is 240 g/mol. The third-order valence-electron chi connectivity index (χ3n) is 2.90. The van der Waals surface area contributed by atoms with Crippen LogP contribution in [0.4, 0.5) is 15.8 Å². The molecule has 0 aliphatic carbocycles. The average Bonchev–Trinajstić information content (AvgIpc) is 2.31. The molecule has 5 heteroatoms. The first-order chi connectivity index (χ1) is 8.11. The Bertz CT molecular complexity index is 400. The molecule has 4 nitrogen and oxygen atoms in total. The minimum atomic E-state index is -0.415. The zero-order valence-electron chi connectivity index (χ0n) is 9.77. The van der Waals surface area contributed by atoms with Crippen LogP contribution in [0.25, 0.3) is 0 Å². The fraction of sp³-hybridized carbons (Fsp3) is 0.500. The van der Waals surface area contributed by atoms with Crippen LogP contribution in [0.2, 0.25) is 0 Å². The van der Waals surface area contributed by atoms with Crippen LogP contribution in [0.3, 0.4) is 0 Å². The van der Waals surface area contributed by atoms with E-state index in [1.165, 1.54) is 6.07 Å². The number of nitrogens with zero attached hydrogens (tertiary/aromatic N) is 1. The van der Waals surface area contributed by atoms with Gasteiger partial charge < -0.3 is 20.5 Å². The van der Waals surface area contributed by atoms with Crippen molar-refractivity contribution in [1.82, 2.24) is 0 Å². The summed E-state index contributed by atoms with van der Waals surface area (Å²) in [4.78, 5) is 1.95. The van der Waals surface area contributed by atoms with Crippen molar-refractivity contribution < 1.29 is 14.2 Å². The van der Waals surface area contributed by atoms with Crippen molar-refractivity contribution in [2.24, 2.45) is 0 Å². The summed E-state index contributed by atoms with van der Waals surface area (Å²) >= 11 is 0. The number of nitrogen functional groups attached to an aromatic ring is 1. The number of nitrogens with two attached hydrogens (primary N) is 1. The van der Waals surface area contributed by atoms with Crippen LogP contribution in [-0.2, 0) is 4.74 Å². The Kier molecular flexibility index (Phi) is 3.49. The highest BCUT2D eigenvalue weighted by Crippen LogP contribution is 2.28. The first-order valence-electron chi connectivity index (χ1n) is 5.67. The third-order valence-corrected chi connectivity index (χ3v) is 2.90. The molecule has 1 fully saturated rings. The highest BCUT2D eigenvalue weighted by Gasteiger charge is 2.26. The Balaban J connectivity index is 2.23. The summed E-state index contributed by atoms with van der Waals surface area (Å²) in [6.45, 7) is 3.04. The normalized spacial score (nSPS) is 25.0. The highest BCUT2D eigenvalue weighted by atomic mass is 19.1. The average molecular weight is 240 g/mol. The lowest BCUT2D eigenvalue weighted by molar-refractivity contribution is -0.0420. The van der Waals surface area contributed by atoms with Crippen LogP contribution in [0.15, 0.2) is 18.2 Å². The topological polar surface area (TPSA) is 58.7 Å². The van der Waals surface area contributed by atoms with Gasteiger partial charge in [-0.15, -0.1) is 0 Å². The van der Waals surface area contributed by atoms with Crippen LogP contribution in [-0.4, -0.2) is 37.0 Å². The van der Waals surface area contributed by atoms with Crippen LogP contribution < -0.4 is 10.6 Å². The number of benzene rings is 1. The van der Waals surface area contributed by atoms with Crippen molar-refractivity contribution in [1.29, 1.82) is 0 Å². The molecule has 0 radical (unpaired) electrons. The summed E-state index contributed by atoms with van der Waals surface area (Å²) in [5.41, 5.74) is 6.54. The van der Waals surface area contributed by atoms with E-state index in [1.54, 1.807) is 12.1 Å². The second-order valence-electron chi connectivity index (χ2n) is 4.33. The van der Waals surface area contributed by atoms with E-state index >= 15 is 0 Å². The second kappa shape index (κ2) is 4.89. The fourth-order valence-electron chi connectivity index (χ4n) is 2.14. The molecule has 1 aliphatic rings.